The molecule has 6 nitrogen and oxygen atoms in total. The third kappa shape index (κ3) is 7.13. The summed E-state index contributed by atoms with van der Waals surface area (Å²) in [5.41, 5.74) is 8.36. The summed E-state index contributed by atoms with van der Waals surface area (Å²) in [6, 6.07) is 7.14. The van der Waals surface area contributed by atoms with Crippen LogP contribution in [0.2, 0.25) is 0 Å². The van der Waals surface area contributed by atoms with E-state index in [1.54, 1.807) is 0 Å². The van der Waals surface area contributed by atoms with E-state index in [0.717, 1.165) is 50.8 Å². The quantitative estimate of drug-likeness (QED) is 0.221. The van der Waals surface area contributed by atoms with Crippen molar-refractivity contribution in [3.8, 4) is 0 Å². The van der Waals surface area contributed by atoms with Crippen LogP contribution in [0.25, 0.3) is 0 Å². The number of hydrogen-bond acceptors (Lipinski definition) is 6. The first kappa shape index (κ1) is 29.4. The molecule has 0 radical (unpaired) electrons. The predicted molar refractivity (Wildman–Crippen MR) is 151 cm³/mol. The van der Waals surface area contributed by atoms with Crippen LogP contribution in [0.4, 0.5) is 0 Å². The van der Waals surface area contributed by atoms with Gasteiger partial charge in [0.25, 0.3) is 0 Å². The van der Waals surface area contributed by atoms with Crippen LogP contribution in [0.5, 0.6) is 0 Å². The number of rotatable bonds is 9. The lowest BCUT2D eigenvalue weighted by atomic mass is 9.84. The number of Topliss-reactive ketones (excluding diaryl/α,β-unsaturated/α-hetero) is 2. The fourth-order valence-corrected chi connectivity index (χ4v) is 4.91. The minimum Gasteiger partial charge on any atom is -0.515 e. The van der Waals surface area contributed by atoms with Gasteiger partial charge in [0.05, 0.1) is 17.4 Å². The highest BCUT2D eigenvalue weighted by molar-refractivity contribution is 6.13. The van der Waals surface area contributed by atoms with E-state index < -0.39 is 12.1 Å². The van der Waals surface area contributed by atoms with Crippen molar-refractivity contribution >= 4 is 24.0 Å². The number of hydrogen-bond donors (Lipinski definition) is 2. The van der Waals surface area contributed by atoms with Gasteiger partial charge in [-0.15, -0.1) is 0 Å². The molecule has 0 aliphatic rings. The highest BCUT2D eigenvalue weighted by Gasteiger charge is 2.29. The Labute approximate surface area is 220 Å². The number of aliphatic hydroxyl groups is 2. The van der Waals surface area contributed by atoms with Gasteiger partial charge in [0.1, 0.15) is 17.8 Å². The molecule has 2 rings (SSSR count). The van der Waals surface area contributed by atoms with Gasteiger partial charge in [-0.05, 0) is 95.7 Å². The summed E-state index contributed by atoms with van der Waals surface area (Å²) in [6.45, 7) is 16.3. The van der Waals surface area contributed by atoms with Crippen molar-refractivity contribution in [3.05, 3.63) is 91.9 Å². The lowest BCUT2D eigenvalue weighted by Crippen LogP contribution is -2.16. The molecule has 0 spiro atoms. The van der Waals surface area contributed by atoms with Crippen LogP contribution in [0.1, 0.15) is 77.4 Å². The summed E-state index contributed by atoms with van der Waals surface area (Å²) in [4.78, 5) is 34.0. The average molecular weight is 503 g/mol. The van der Waals surface area contributed by atoms with Gasteiger partial charge in [-0.25, -0.2) is 0 Å². The maximum Gasteiger partial charge on any atom is 0.164 e. The van der Waals surface area contributed by atoms with E-state index in [1.807, 2.05) is 41.5 Å². The number of allylic oxidation sites excluding steroid dienone is 3. The molecular formula is C31H38N2O4. The van der Waals surface area contributed by atoms with Crippen LogP contribution in [0.15, 0.2) is 57.4 Å². The van der Waals surface area contributed by atoms with Gasteiger partial charge in [-0.2, -0.15) is 0 Å². The van der Waals surface area contributed by atoms with Crippen molar-refractivity contribution in [2.45, 2.75) is 74.4 Å². The van der Waals surface area contributed by atoms with Crippen LogP contribution in [-0.2, 0) is 9.59 Å². The maximum atomic E-state index is 12.2. The number of carbonyl (C=O) groups excluding carboxylic acids is 2. The molecule has 2 aromatic carbocycles. The van der Waals surface area contributed by atoms with Crippen molar-refractivity contribution in [2.24, 2.45) is 9.98 Å². The van der Waals surface area contributed by atoms with Crippen LogP contribution < -0.4 is 0 Å². The standard InChI is InChI=1S/C31H38N2O4/c1-17-10-19(3)28(20(4)11-17)30(32-14-26(16-34)23(7)35)31(33-15-27(24(8)36)25(9)37)29-21(5)12-18(2)13-22(29)6/h10-16,30-31,34,36H,1-9H3/b26-16+,27-24+,32-14?,33-15?/t30-,31-/m1/s1. The van der Waals surface area contributed by atoms with Crippen LogP contribution in [0, 0.1) is 41.5 Å². The summed E-state index contributed by atoms with van der Waals surface area (Å²) in [5, 5.41) is 19.7. The second-order valence-electron chi connectivity index (χ2n) is 9.77. The van der Waals surface area contributed by atoms with Gasteiger partial charge >= 0.3 is 0 Å². The predicted octanol–water partition coefficient (Wildman–Crippen LogP) is 6.91. The topological polar surface area (TPSA) is 99.3 Å². The van der Waals surface area contributed by atoms with E-state index >= 15 is 0 Å². The Morgan fingerprint density at radius 1 is 0.703 bits per heavy atom. The normalized spacial score (nSPS) is 14.7. The molecule has 196 valence electrons. The molecular weight excluding hydrogens is 464 g/mol. The van der Waals surface area contributed by atoms with Gasteiger partial charge in [0.2, 0.25) is 0 Å². The Kier molecular flexibility index (Phi) is 9.89. The molecule has 0 aliphatic heterocycles. The van der Waals surface area contributed by atoms with Crippen molar-refractivity contribution in [2.75, 3.05) is 0 Å². The Hall–Kier alpha value is -3.80. The summed E-state index contributed by atoms with van der Waals surface area (Å²) in [6.07, 6.45) is 3.55. The zero-order valence-corrected chi connectivity index (χ0v) is 23.3. The highest BCUT2D eigenvalue weighted by Crippen LogP contribution is 2.41. The monoisotopic (exact) mass is 502 g/mol. The Morgan fingerprint density at radius 2 is 1.08 bits per heavy atom. The van der Waals surface area contributed by atoms with Crippen LogP contribution >= 0.6 is 0 Å². The first-order valence-electron chi connectivity index (χ1n) is 12.3. The molecule has 0 amide bonds. The first-order valence-corrected chi connectivity index (χ1v) is 12.3. The number of carbonyl (C=O) groups is 2. The Morgan fingerprint density at radius 3 is 1.38 bits per heavy atom. The van der Waals surface area contributed by atoms with Gasteiger partial charge in [-0.3, -0.25) is 19.6 Å². The number of aliphatic hydroxyl groups excluding tert-OH is 2. The molecule has 0 heterocycles. The number of benzene rings is 2. The minimum absolute atomic E-state index is 0.0722. The molecule has 0 aromatic heterocycles. The largest absolute Gasteiger partial charge is 0.515 e. The molecule has 2 aromatic rings. The lowest BCUT2D eigenvalue weighted by molar-refractivity contribution is -0.114. The molecule has 0 aliphatic carbocycles. The van der Waals surface area contributed by atoms with Gasteiger partial charge in [0.15, 0.2) is 11.6 Å². The third-order valence-electron chi connectivity index (χ3n) is 6.42. The number of ketones is 2. The van der Waals surface area contributed by atoms with E-state index in [1.165, 1.54) is 33.2 Å². The van der Waals surface area contributed by atoms with Crippen LogP contribution in [0.3, 0.4) is 0 Å². The SMILES string of the molecule is CC(=O)/C(C=N[C@H](c1c(C)cc(C)cc1C)[C@H](N=C/C(C(C)=O)=C(/C)O)c1c(C)cc(C)cc1C)=C/O. The zero-order chi connectivity index (χ0) is 28.0. The van der Waals surface area contributed by atoms with E-state index in [-0.39, 0.29) is 28.5 Å². The number of aliphatic imine (C=N–C) groups is 2. The Balaban J connectivity index is 2.97. The van der Waals surface area contributed by atoms with Crippen LogP contribution in [-0.4, -0.2) is 34.2 Å². The molecule has 2 atom stereocenters. The number of aryl methyl sites for hydroxylation is 6. The molecule has 0 saturated carbocycles. The van der Waals surface area contributed by atoms with Crippen molar-refractivity contribution in [3.63, 3.8) is 0 Å². The zero-order valence-electron chi connectivity index (χ0n) is 23.3. The summed E-state index contributed by atoms with van der Waals surface area (Å²) in [5.74, 6) is -0.732. The fourth-order valence-electron chi connectivity index (χ4n) is 4.91. The molecule has 37 heavy (non-hydrogen) atoms. The van der Waals surface area contributed by atoms with Gasteiger partial charge < -0.3 is 10.2 Å². The van der Waals surface area contributed by atoms with E-state index in [0.29, 0.717) is 0 Å². The van der Waals surface area contributed by atoms with Gasteiger partial charge in [0, 0.05) is 12.4 Å². The summed E-state index contributed by atoms with van der Waals surface area (Å²) < 4.78 is 0. The minimum atomic E-state index is -0.586. The molecule has 0 fully saturated rings. The Bertz CT molecular complexity index is 1280. The molecule has 0 saturated heterocycles. The van der Waals surface area contributed by atoms with E-state index in [4.69, 9.17) is 9.98 Å². The summed E-state index contributed by atoms with van der Waals surface area (Å²) in [7, 11) is 0. The number of nitrogens with zero attached hydrogens (tertiary/aromatic N) is 2. The lowest BCUT2D eigenvalue weighted by Gasteiger charge is -2.28. The summed E-state index contributed by atoms with van der Waals surface area (Å²) >= 11 is 0. The van der Waals surface area contributed by atoms with Gasteiger partial charge in [-0.1, -0.05) is 35.4 Å². The second-order valence-corrected chi connectivity index (χ2v) is 9.77. The smallest absolute Gasteiger partial charge is 0.164 e. The molecule has 2 N–H and O–H groups in total. The van der Waals surface area contributed by atoms with Crippen molar-refractivity contribution < 1.29 is 19.8 Å². The van der Waals surface area contributed by atoms with Crippen molar-refractivity contribution in [1.29, 1.82) is 0 Å². The second kappa shape index (κ2) is 12.4. The average Bonchev–Trinajstić information content (AvgIpc) is 2.75. The molecule has 0 bridgehead atoms. The fraction of sp³-hybridized carbons (Fsp3) is 0.355. The maximum absolute atomic E-state index is 12.2. The van der Waals surface area contributed by atoms with E-state index in [2.05, 4.69) is 24.3 Å². The van der Waals surface area contributed by atoms with Crippen molar-refractivity contribution in [1.82, 2.24) is 0 Å². The molecule has 0 unspecified atom stereocenters. The third-order valence-corrected chi connectivity index (χ3v) is 6.42. The first-order chi connectivity index (χ1) is 17.3. The molecule has 6 heteroatoms. The highest BCUT2D eigenvalue weighted by atomic mass is 16.3. The van der Waals surface area contributed by atoms with E-state index in [9.17, 15) is 19.8 Å².